The van der Waals surface area contributed by atoms with Gasteiger partial charge in [-0.15, -0.1) is 0 Å². The largest absolute Gasteiger partial charge is 0.415 e. The van der Waals surface area contributed by atoms with Crippen LogP contribution in [-0.4, -0.2) is 29.9 Å². The summed E-state index contributed by atoms with van der Waals surface area (Å²) in [6, 6.07) is 5.61. The third kappa shape index (κ3) is 3.75. The molecular weight excluding hydrogens is 266 g/mol. The van der Waals surface area contributed by atoms with E-state index in [-0.39, 0.29) is 24.7 Å². The quantitative estimate of drug-likeness (QED) is 0.251. The van der Waals surface area contributed by atoms with Crippen LogP contribution in [0.3, 0.4) is 0 Å². The zero-order chi connectivity index (χ0) is 15.2. The number of hydrogen-bond acceptors (Lipinski definition) is 6. The lowest BCUT2D eigenvalue weighted by atomic mass is 10.3. The van der Waals surface area contributed by atoms with Gasteiger partial charge >= 0.3 is 11.7 Å². The molecule has 0 spiro atoms. The van der Waals surface area contributed by atoms with Crippen LogP contribution in [-0.2, 0) is 14.3 Å². The lowest BCUT2D eigenvalue weighted by Crippen LogP contribution is -2.44. The minimum absolute atomic E-state index is 0.145. The van der Waals surface area contributed by atoms with Crippen molar-refractivity contribution in [2.45, 2.75) is 26.6 Å². The maximum atomic E-state index is 12.1. The molecule has 1 rings (SSSR count). The first-order valence-corrected chi connectivity index (χ1v) is 6.18. The van der Waals surface area contributed by atoms with Crippen LogP contribution in [0.2, 0.25) is 0 Å². The molecule has 0 saturated heterocycles. The summed E-state index contributed by atoms with van der Waals surface area (Å²) in [5.74, 6) is -2.57. The van der Waals surface area contributed by atoms with E-state index in [2.05, 4.69) is 0 Å². The molecule has 0 aromatic heterocycles. The highest BCUT2D eigenvalue weighted by Gasteiger charge is 2.38. The van der Waals surface area contributed by atoms with Crippen molar-refractivity contribution in [2.24, 2.45) is 0 Å². The zero-order valence-electron chi connectivity index (χ0n) is 11.6. The molecule has 7 nitrogen and oxygen atoms in total. The molecule has 7 heteroatoms. The fourth-order valence-corrected chi connectivity index (χ4v) is 1.60. The zero-order valence-corrected chi connectivity index (χ0v) is 11.6. The number of benzene rings is 1. The third-order valence-electron chi connectivity index (χ3n) is 2.47. The topological polar surface area (TPSA) is 87.9 Å². The molecule has 1 aromatic rings. The average molecular weight is 283 g/mol. The van der Waals surface area contributed by atoms with E-state index in [0.717, 1.165) is 0 Å². The summed E-state index contributed by atoms with van der Waals surface area (Å²) in [6.45, 7) is 5.30. The normalized spacial score (nSPS) is 11.2. The van der Waals surface area contributed by atoms with E-state index in [1.54, 1.807) is 13.8 Å². The van der Waals surface area contributed by atoms with Crippen LogP contribution in [0, 0.1) is 10.1 Å². The molecule has 0 amide bonds. The molecule has 0 radical (unpaired) electrons. The number of esters is 1. The molecule has 110 valence electrons. The molecule has 0 aliphatic heterocycles. The Kier molecular flexibility index (Phi) is 5.60. The summed E-state index contributed by atoms with van der Waals surface area (Å²) in [4.78, 5) is 22.3. The predicted octanol–water partition coefficient (Wildman–Crippen LogP) is 2.29. The molecule has 0 N–H and O–H groups in total. The monoisotopic (exact) mass is 283 g/mol. The van der Waals surface area contributed by atoms with Gasteiger partial charge in [0.1, 0.15) is 0 Å². The minimum atomic E-state index is -1.59. The van der Waals surface area contributed by atoms with Gasteiger partial charge in [0.15, 0.2) is 0 Å². The Hall–Kier alpha value is -1.99. The maximum Gasteiger partial charge on any atom is 0.372 e. The molecular formula is C13H17NO6. The Labute approximate surface area is 116 Å². The van der Waals surface area contributed by atoms with Crippen LogP contribution < -0.4 is 4.74 Å². The fraction of sp³-hybridized carbons (Fsp3) is 0.462. The van der Waals surface area contributed by atoms with Crippen molar-refractivity contribution in [1.82, 2.24) is 0 Å². The molecule has 0 bridgehead atoms. The smallest absolute Gasteiger partial charge is 0.372 e. The predicted molar refractivity (Wildman–Crippen MR) is 70.4 cm³/mol. The van der Waals surface area contributed by atoms with E-state index in [4.69, 9.17) is 14.2 Å². The second kappa shape index (κ2) is 6.97. The van der Waals surface area contributed by atoms with Crippen molar-refractivity contribution >= 4 is 11.7 Å². The molecule has 0 aliphatic carbocycles. The second-order valence-electron chi connectivity index (χ2n) is 3.93. The average Bonchev–Trinajstić information content (AvgIpc) is 2.39. The van der Waals surface area contributed by atoms with Crippen LogP contribution in [0.5, 0.6) is 5.75 Å². The highest BCUT2D eigenvalue weighted by molar-refractivity contribution is 5.80. The molecule has 0 heterocycles. The lowest BCUT2D eigenvalue weighted by Gasteiger charge is -2.26. The van der Waals surface area contributed by atoms with Crippen LogP contribution in [0.15, 0.2) is 24.3 Å². The molecule has 0 unspecified atom stereocenters. The number of nitro benzene ring substituents is 1. The Morgan fingerprint density at radius 3 is 2.30 bits per heavy atom. The van der Waals surface area contributed by atoms with Gasteiger partial charge in [0, 0.05) is 26.2 Å². The van der Waals surface area contributed by atoms with Crippen molar-refractivity contribution in [3.8, 4) is 5.75 Å². The van der Waals surface area contributed by atoms with Gasteiger partial charge in [0.2, 0.25) is 5.75 Å². The standard InChI is InChI=1S/C13H17NO6/c1-4-18-13(3,19-5-2)12(15)20-11-9-7-6-8-10(11)14(16)17/h6-9H,4-5H2,1-3H3. The number of ether oxygens (including phenoxy) is 3. The van der Waals surface area contributed by atoms with E-state index in [1.165, 1.54) is 31.2 Å². The van der Waals surface area contributed by atoms with E-state index in [9.17, 15) is 14.9 Å². The number of para-hydroxylation sites is 2. The minimum Gasteiger partial charge on any atom is -0.415 e. The van der Waals surface area contributed by atoms with E-state index >= 15 is 0 Å². The van der Waals surface area contributed by atoms with Crippen molar-refractivity contribution in [1.29, 1.82) is 0 Å². The summed E-state index contributed by atoms with van der Waals surface area (Å²) in [5, 5.41) is 10.9. The van der Waals surface area contributed by atoms with Crippen LogP contribution in [0.4, 0.5) is 5.69 Å². The number of hydrogen-bond donors (Lipinski definition) is 0. The Bertz CT molecular complexity index is 482. The molecule has 20 heavy (non-hydrogen) atoms. The van der Waals surface area contributed by atoms with Crippen molar-refractivity contribution in [3.05, 3.63) is 34.4 Å². The van der Waals surface area contributed by atoms with Gasteiger partial charge in [-0.05, 0) is 19.9 Å². The first kappa shape index (κ1) is 16.1. The van der Waals surface area contributed by atoms with E-state index in [1.807, 2.05) is 0 Å². The van der Waals surface area contributed by atoms with Gasteiger partial charge in [-0.1, -0.05) is 12.1 Å². The Morgan fingerprint density at radius 2 is 1.80 bits per heavy atom. The van der Waals surface area contributed by atoms with Crippen molar-refractivity contribution < 1.29 is 23.9 Å². The first-order valence-electron chi connectivity index (χ1n) is 6.18. The van der Waals surface area contributed by atoms with Crippen molar-refractivity contribution in [2.75, 3.05) is 13.2 Å². The number of carbonyl (C=O) groups is 1. The third-order valence-corrected chi connectivity index (χ3v) is 2.47. The Morgan fingerprint density at radius 1 is 1.25 bits per heavy atom. The van der Waals surface area contributed by atoms with Gasteiger partial charge in [-0.25, -0.2) is 4.79 Å². The molecule has 1 aromatic carbocycles. The number of nitro groups is 1. The van der Waals surface area contributed by atoms with Gasteiger partial charge in [-0.2, -0.15) is 0 Å². The maximum absolute atomic E-state index is 12.1. The lowest BCUT2D eigenvalue weighted by molar-refractivity contribution is -0.385. The highest BCUT2D eigenvalue weighted by Crippen LogP contribution is 2.28. The number of rotatable bonds is 7. The summed E-state index contributed by atoms with van der Waals surface area (Å²) in [5.41, 5.74) is -0.295. The van der Waals surface area contributed by atoms with E-state index < -0.39 is 16.7 Å². The van der Waals surface area contributed by atoms with Crippen LogP contribution in [0.25, 0.3) is 0 Å². The number of carbonyl (C=O) groups excluding carboxylic acids is 1. The summed E-state index contributed by atoms with van der Waals surface area (Å²) < 4.78 is 15.5. The number of nitrogens with zero attached hydrogens (tertiary/aromatic N) is 1. The van der Waals surface area contributed by atoms with Gasteiger partial charge < -0.3 is 14.2 Å². The fourth-order valence-electron chi connectivity index (χ4n) is 1.60. The van der Waals surface area contributed by atoms with Crippen LogP contribution in [0.1, 0.15) is 20.8 Å². The van der Waals surface area contributed by atoms with Gasteiger partial charge in [0.25, 0.3) is 5.79 Å². The SMILES string of the molecule is CCOC(C)(OCC)C(=O)Oc1ccccc1[N+](=O)[O-]. The summed E-state index contributed by atoms with van der Waals surface area (Å²) in [7, 11) is 0. The molecule has 0 fully saturated rings. The van der Waals surface area contributed by atoms with Gasteiger partial charge in [0.05, 0.1) is 4.92 Å². The molecule has 0 saturated carbocycles. The van der Waals surface area contributed by atoms with E-state index in [0.29, 0.717) is 0 Å². The highest BCUT2D eigenvalue weighted by atomic mass is 16.7. The van der Waals surface area contributed by atoms with Crippen LogP contribution >= 0.6 is 0 Å². The first-order chi connectivity index (χ1) is 9.44. The van der Waals surface area contributed by atoms with Gasteiger partial charge in [-0.3, -0.25) is 10.1 Å². The molecule has 0 aliphatic rings. The second-order valence-corrected chi connectivity index (χ2v) is 3.93. The summed E-state index contributed by atoms with van der Waals surface area (Å²) in [6.07, 6.45) is 0. The van der Waals surface area contributed by atoms with Crippen molar-refractivity contribution in [3.63, 3.8) is 0 Å². The molecule has 0 atom stereocenters. The summed E-state index contributed by atoms with van der Waals surface area (Å²) >= 11 is 0. The Balaban J connectivity index is 2.97.